The molecule has 1 aromatic carbocycles. The highest BCUT2D eigenvalue weighted by Crippen LogP contribution is 2.41. The van der Waals surface area contributed by atoms with Crippen LogP contribution in [0.25, 0.3) is 21.6 Å². The Balaban J connectivity index is 1.10. The average Bonchev–Trinajstić information content (AvgIpc) is 3.68. The minimum absolute atomic E-state index is 0.0103. The minimum atomic E-state index is -3.83. The number of alkyl carbamates (subject to hydrolysis) is 1. The topological polar surface area (TPSA) is 208 Å². The molecule has 2 saturated carbocycles. The lowest BCUT2D eigenvalue weighted by Gasteiger charge is -2.28. The zero-order chi connectivity index (χ0) is 44.2. The van der Waals surface area contributed by atoms with E-state index >= 15 is 0 Å². The van der Waals surface area contributed by atoms with E-state index in [2.05, 4.69) is 29.3 Å². The molecule has 0 unspecified atom stereocenters. The van der Waals surface area contributed by atoms with Gasteiger partial charge in [-0.05, 0) is 91.2 Å². The number of benzene rings is 1. The van der Waals surface area contributed by atoms with E-state index in [1.54, 1.807) is 32.1 Å². The standard InChI is InChI=1S/C43H62N8O8S2/c1-26(2)51-34-21-15-19-30(39-45-33(25-60-39)27-16-13-14-17-27)36(34)47-41(51)58-29-23-35(37(44)52)50(24-29)40(54)32(46-42(55)59-43(3,4)5)20-12-10-8-9-11-18-28-22-31(28)38(53)48-61(56,57)49(6)7/h11,15,18-19,21,25-29,31-32,35H,8-10,12-14,16-17,20,22-24H2,1-7H3,(H2,44,52)(H,46,55)(H,48,53)/b18-11-/t28-,29-,31+,32+,35+/m1/s1. The number of nitrogens with one attached hydrogen (secondary N) is 2. The molecule has 3 heterocycles. The van der Waals surface area contributed by atoms with Gasteiger partial charge in [-0.2, -0.15) is 17.7 Å². The van der Waals surface area contributed by atoms with E-state index in [1.807, 2.05) is 34.9 Å². The number of primary amides is 1. The minimum Gasteiger partial charge on any atom is -0.459 e. The van der Waals surface area contributed by atoms with Gasteiger partial charge in [0.1, 0.15) is 34.3 Å². The Kier molecular flexibility index (Phi) is 14.5. The number of carbonyl (C=O) groups is 4. The molecule has 0 radical (unpaired) electrons. The Morgan fingerprint density at radius 1 is 1.07 bits per heavy atom. The van der Waals surface area contributed by atoms with Gasteiger partial charge in [0.15, 0.2) is 0 Å². The van der Waals surface area contributed by atoms with Crippen LogP contribution in [0.5, 0.6) is 6.01 Å². The van der Waals surface area contributed by atoms with Gasteiger partial charge in [-0.3, -0.25) is 19.0 Å². The predicted molar refractivity (Wildman–Crippen MR) is 234 cm³/mol. The quantitative estimate of drug-likeness (QED) is 0.0975. The second-order valence-corrected chi connectivity index (χ2v) is 20.7. The van der Waals surface area contributed by atoms with Crippen molar-refractivity contribution in [3.63, 3.8) is 0 Å². The van der Waals surface area contributed by atoms with E-state index in [4.69, 9.17) is 25.2 Å². The number of likely N-dealkylation sites (tertiary alicyclic amines) is 1. The number of carbonyl (C=O) groups excluding carboxylic acids is 4. The zero-order valence-electron chi connectivity index (χ0n) is 36.4. The van der Waals surface area contributed by atoms with E-state index in [1.165, 1.54) is 44.7 Å². The molecule has 4 N–H and O–H groups in total. The van der Waals surface area contributed by atoms with Crippen LogP contribution in [0.1, 0.15) is 123 Å². The fourth-order valence-electron chi connectivity index (χ4n) is 8.20. The van der Waals surface area contributed by atoms with Gasteiger partial charge in [-0.15, -0.1) is 11.3 Å². The van der Waals surface area contributed by atoms with E-state index in [0.29, 0.717) is 31.2 Å². The number of para-hydroxylation sites is 1. The van der Waals surface area contributed by atoms with Crippen molar-refractivity contribution in [3.05, 3.63) is 41.4 Å². The van der Waals surface area contributed by atoms with Gasteiger partial charge in [0.2, 0.25) is 17.7 Å². The molecule has 1 saturated heterocycles. The zero-order valence-corrected chi connectivity index (χ0v) is 38.0. The van der Waals surface area contributed by atoms with Crippen molar-refractivity contribution >= 4 is 56.4 Å². The van der Waals surface area contributed by atoms with Crippen LogP contribution in [0, 0.1) is 11.8 Å². The van der Waals surface area contributed by atoms with Crippen LogP contribution in [0.15, 0.2) is 35.7 Å². The van der Waals surface area contributed by atoms with Gasteiger partial charge in [-0.1, -0.05) is 43.9 Å². The van der Waals surface area contributed by atoms with Crippen LogP contribution in [-0.2, 0) is 29.3 Å². The van der Waals surface area contributed by atoms with Crippen LogP contribution >= 0.6 is 11.3 Å². The van der Waals surface area contributed by atoms with Gasteiger partial charge in [-0.25, -0.2) is 14.5 Å². The van der Waals surface area contributed by atoms with Gasteiger partial charge in [0.05, 0.1) is 17.8 Å². The molecule has 2 aliphatic carbocycles. The number of unbranched alkanes of at least 4 members (excludes halogenated alkanes) is 3. The summed E-state index contributed by atoms with van der Waals surface area (Å²) in [5, 5.41) is 5.83. The molecule has 4 amide bonds. The molecule has 5 atom stereocenters. The third kappa shape index (κ3) is 11.5. The molecule has 3 aliphatic rings. The molecule has 2 aromatic heterocycles. The van der Waals surface area contributed by atoms with Crippen molar-refractivity contribution < 1.29 is 37.1 Å². The first-order valence-electron chi connectivity index (χ1n) is 21.5. The first-order valence-corrected chi connectivity index (χ1v) is 23.8. The molecule has 1 aliphatic heterocycles. The molecule has 334 valence electrons. The average molecular weight is 883 g/mol. The molecule has 0 bridgehead atoms. The molecule has 16 nitrogen and oxygen atoms in total. The fraction of sp³-hybridized carbons (Fsp3) is 0.628. The van der Waals surface area contributed by atoms with Gasteiger partial charge < -0.3 is 25.4 Å². The van der Waals surface area contributed by atoms with Gasteiger partial charge in [0, 0.05) is 49.3 Å². The number of rotatable bonds is 18. The summed E-state index contributed by atoms with van der Waals surface area (Å²) in [6.45, 7) is 9.38. The first-order chi connectivity index (χ1) is 28.8. The van der Waals surface area contributed by atoms with Crippen molar-refractivity contribution in [2.45, 2.75) is 141 Å². The molecule has 18 heteroatoms. The number of allylic oxidation sites excluding steroid dienone is 2. The number of nitrogens with zero attached hydrogens (tertiary/aromatic N) is 5. The van der Waals surface area contributed by atoms with Crippen molar-refractivity contribution in [1.82, 2.24) is 33.8 Å². The summed E-state index contributed by atoms with van der Waals surface area (Å²) in [5.41, 5.74) is 8.85. The van der Waals surface area contributed by atoms with E-state index in [0.717, 1.165) is 50.9 Å². The first kappa shape index (κ1) is 46.0. The number of aromatic nitrogens is 3. The maximum atomic E-state index is 14.3. The second-order valence-electron chi connectivity index (χ2n) is 18.0. The van der Waals surface area contributed by atoms with Crippen LogP contribution < -0.4 is 20.5 Å². The highest BCUT2D eigenvalue weighted by Gasteiger charge is 2.44. The Bertz CT molecular complexity index is 2210. The van der Waals surface area contributed by atoms with Crippen LogP contribution in [-0.4, -0.2) is 100 Å². The van der Waals surface area contributed by atoms with Crippen molar-refractivity contribution in [2.24, 2.45) is 17.6 Å². The smallest absolute Gasteiger partial charge is 0.408 e. The number of hydrogen-bond donors (Lipinski definition) is 3. The summed E-state index contributed by atoms with van der Waals surface area (Å²) in [7, 11) is -1.11. The molecular formula is C43H62N8O8S2. The fourth-order valence-corrected chi connectivity index (χ4v) is 9.72. The molecular weight excluding hydrogens is 821 g/mol. The lowest BCUT2D eigenvalue weighted by atomic mass is 10.0. The Hall–Kier alpha value is -4.55. The molecule has 0 spiro atoms. The van der Waals surface area contributed by atoms with E-state index in [9.17, 15) is 27.6 Å². The highest BCUT2D eigenvalue weighted by molar-refractivity contribution is 7.87. The number of hydrogen-bond acceptors (Lipinski definition) is 11. The summed E-state index contributed by atoms with van der Waals surface area (Å²) in [4.78, 5) is 64.0. The predicted octanol–water partition coefficient (Wildman–Crippen LogP) is 6.19. The van der Waals surface area contributed by atoms with E-state index < -0.39 is 57.8 Å². The lowest BCUT2D eigenvalue weighted by Crippen LogP contribution is -2.53. The molecule has 3 aromatic rings. The Morgan fingerprint density at radius 2 is 1.80 bits per heavy atom. The third-order valence-electron chi connectivity index (χ3n) is 11.5. The van der Waals surface area contributed by atoms with Crippen LogP contribution in [0.4, 0.5) is 4.79 Å². The van der Waals surface area contributed by atoms with Crippen molar-refractivity contribution in [2.75, 3.05) is 20.6 Å². The number of ether oxygens (including phenoxy) is 2. The number of nitrogens with two attached hydrogens (primary N) is 1. The Morgan fingerprint density at radius 3 is 2.48 bits per heavy atom. The van der Waals surface area contributed by atoms with Gasteiger partial charge in [0.25, 0.3) is 6.01 Å². The summed E-state index contributed by atoms with van der Waals surface area (Å²) < 4.78 is 41.1. The van der Waals surface area contributed by atoms with Crippen molar-refractivity contribution in [1.29, 1.82) is 0 Å². The molecule has 3 fully saturated rings. The summed E-state index contributed by atoms with van der Waals surface area (Å²) >= 11 is 1.63. The Labute approximate surface area is 363 Å². The summed E-state index contributed by atoms with van der Waals surface area (Å²) in [5.74, 6) is -1.50. The van der Waals surface area contributed by atoms with Crippen LogP contribution in [0.3, 0.4) is 0 Å². The lowest BCUT2D eigenvalue weighted by molar-refractivity contribution is -0.139. The number of amides is 4. The van der Waals surface area contributed by atoms with Crippen molar-refractivity contribution in [3.8, 4) is 16.6 Å². The molecule has 6 rings (SSSR count). The maximum Gasteiger partial charge on any atom is 0.408 e. The SMILES string of the molecule is CC(C)n1c(O[C@@H]2C[C@@H](C(N)=O)N(C(=O)[C@H](CCCCC/C=C\[C@@H]3C[C@@H]3C(=O)NS(=O)(=O)N(C)C)NC(=O)OC(C)(C)C)C2)nc2c(-c3nc(C4CCCC4)cs3)cccc21. The maximum absolute atomic E-state index is 14.3. The van der Waals surface area contributed by atoms with Gasteiger partial charge >= 0.3 is 16.3 Å². The summed E-state index contributed by atoms with van der Waals surface area (Å²) in [6.07, 6.45) is 11.3. The monoisotopic (exact) mass is 882 g/mol. The summed E-state index contributed by atoms with van der Waals surface area (Å²) in [6, 6.07) is 4.47. The largest absolute Gasteiger partial charge is 0.459 e. The van der Waals surface area contributed by atoms with Crippen LogP contribution in [0.2, 0.25) is 0 Å². The number of thiazole rings is 1. The highest BCUT2D eigenvalue weighted by atomic mass is 32.2. The number of imidazole rings is 1. The second kappa shape index (κ2) is 19.2. The third-order valence-corrected chi connectivity index (χ3v) is 13.8. The number of fused-ring (bicyclic) bond motifs is 1. The normalized spacial score (nSPS) is 21.4. The van der Waals surface area contributed by atoms with E-state index in [-0.39, 0.29) is 30.8 Å². The molecule has 61 heavy (non-hydrogen) atoms.